The second kappa shape index (κ2) is 4.97. The van der Waals surface area contributed by atoms with E-state index in [1.54, 1.807) is 12.1 Å². The third-order valence-electron chi connectivity index (χ3n) is 2.68. The maximum absolute atomic E-state index is 11.4. The molecule has 2 atom stereocenters. The molecule has 0 aromatic heterocycles. The molecule has 0 bridgehead atoms. The smallest absolute Gasteiger partial charge is 0.270 e. The maximum Gasteiger partial charge on any atom is 0.270 e. The second-order valence-corrected chi connectivity index (χ2v) is 4.20. The summed E-state index contributed by atoms with van der Waals surface area (Å²) in [6.07, 6.45) is 3.69. The molecule has 1 saturated carbocycles. The Morgan fingerprint density at radius 3 is 2.89 bits per heavy atom. The van der Waals surface area contributed by atoms with Crippen LogP contribution in [0.3, 0.4) is 0 Å². The van der Waals surface area contributed by atoms with Crippen LogP contribution in [0.2, 0.25) is 0 Å². The van der Waals surface area contributed by atoms with Crippen molar-refractivity contribution in [3.05, 3.63) is 46.0 Å². The average Bonchev–Trinajstić information content (AvgIpc) is 3.02. The molecule has 0 aliphatic heterocycles. The van der Waals surface area contributed by atoms with Crippen molar-refractivity contribution in [2.24, 2.45) is 5.73 Å². The molecule has 1 aromatic rings. The average molecular weight is 247 g/mol. The Morgan fingerprint density at radius 1 is 1.56 bits per heavy atom. The molecular formula is C12H13N3O3. The summed E-state index contributed by atoms with van der Waals surface area (Å²) in [7, 11) is 0. The zero-order valence-electron chi connectivity index (χ0n) is 9.58. The van der Waals surface area contributed by atoms with Gasteiger partial charge in [-0.15, -0.1) is 0 Å². The zero-order chi connectivity index (χ0) is 13.1. The second-order valence-electron chi connectivity index (χ2n) is 4.20. The van der Waals surface area contributed by atoms with E-state index in [0.29, 0.717) is 5.56 Å². The van der Waals surface area contributed by atoms with Crippen LogP contribution in [-0.4, -0.2) is 22.9 Å². The fourth-order valence-corrected chi connectivity index (χ4v) is 1.53. The minimum Gasteiger partial charge on any atom is -0.348 e. The van der Waals surface area contributed by atoms with Gasteiger partial charge in [0.05, 0.1) is 4.92 Å². The molecule has 2 rings (SSSR count). The van der Waals surface area contributed by atoms with Crippen molar-refractivity contribution in [3.63, 3.8) is 0 Å². The lowest BCUT2D eigenvalue weighted by atomic mass is 10.2. The van der Waals surface area contributed by atoms with Crippen LogP contribution >= 0.6 is 0 Å². The highest BCUT2D eigenvalue weighted by Gasteiger charge is 2.34. The molecule has 0 radical (unpaired) electrons. The number of nitrogens with zero attached hydrogens (tertiary/aromatic N) is 1. The van der Waals surface area contributed by atoms with Crippen molar-refractivity contribution in [3.8, 4) is 0 Å². The van der Waals surface area contributed by atoms with Crippen LogP contribution in [0.4, 0.5) is 5.69 Å². The van der Waals surface area contributed by atoms with Gasteiger partial charge in [0.25, 0.3) is 5.69 Å². The first-order valence-electron chi connectivity index (χ1n) is 5.55. The maximum atomic E-state index is 11.4. The molecule has 2 unspecified atom stereocenters. The number of non-ortho nitro benzene ring substituents is 1. The van der Waals surface area contributed by atoms with E-state index in [-0.39, 0.29) is 23.7 Å². The van der Waals surface area contributed by atoms with Gasteiger partial charge in [-0.3, -0.25) is 14.9 Å². The normalized spacial score (nSPS) is 21.8. The SMILES string of the molecule is NC1CC1NC(=O)/C=C/c1cccc([N+](=O)[O-])c1. The first-order valence-corrected chi connectivity index (χ1v) is 5.55. The lowest BCUT2D eigenvalue weighted by Crippen LogP contribution is -2.27. The molecule has 0 spiro atoms. The lowest BCUT2D eigenvalue weighted by Gasteiger charge is -1.98. The van der Waals surface area contributed by atoms with Crippen LogP contribution in [0.5, 0.6) is 0 Å². The van der Waals surface area contributed by atoms with Crippen molar-refractivity contribution < 1.29 is 9.72 Å². The molecule has 1 amide bonds. The summed E-state index contributed by atoms with van der Waals surface area (Å²) in [5.74, 6) is -0.237. The Bertz CT molecular complexity index is 513. The fourth-order valence-electron chi connectivity index (χ4n) is 1.53. The number of rotatable bonds is 4. The van der Waals surface area contributed by atoms with Crippen molar-refractivity contribution in [1.82, 2.24) is 5.32 Å². The summed E-state index contributed by atoms with van der Waals surface area (Å²) in [6.45, 7) is 0. The molecule has 6 heteroatoms. The number of hydrogen-bond donors (Lipinski definition) is 2. The van der Waals surface area contributed by atoms with Crippen molar-refractivity contribution in [1.29, 1.82) is 0 Å². The van der Waals surface area contributed by atoms with E-state index in [2.05, 4.69) is 5.32 Å². The van der Waals surface area contributed by atoms with E-state index in [1.807, 2.05) is 0 Å². The Kier molecular flexibility index (Phi) is 3.38. The van der Waals surface area contributed by atoms with E-state index in [4.69, 9.17) is 5.73 Å². The van der Waals surface area contributed by atoms with E-state index >= 15 is 0 Å². The predicted molar refractivity (Wildman–Crippen MR) is 66.7 cm³/mol. The molecule has 94 valence electrons. The van der Waals surface area contributed by atoms with Crippen LogP contribution in [0.1, 0.15) is 12.0 Å². The third-order valence-corrected chi connectivity index (χ3v) is 2.68. The fraction of sp³-hybridized carbons (Fsp3) is 0.250. The van der Waals surface area contributed by atoms with E-state index < -0.39 is 4.92 Å². The zero-order valence-corrected chi connectivity index (χ0v) is 9.58. The van der Waals surface area contributed by atoms with Crippen molar-refractivity contribution in [2.75, 3.05) is 0 Å². The summed E-state index contributed by atoms with van der Waals surface area (Å²) >= 11 is 0. The molecule has 0 heterocycles. The summed E-state index contributed by atoms with van der Waals surface area (Å²) in [5.41, 5.74) is 6.17. The Balaban J connectivity index is 1.97. The number of hydrogen-bond acceptors (Lipinski definition) is 4. The van der Waals surface area contributed by atoms with Crippen LogP contribution in [0.25, 0.3) is 6.08 Å². The molecule has 6 nitrogen and oxygen atoms in total. The molecule has 1 fully saturated rings. The number of nitro groups is 1. The third kappa shape index (κ3) is 3.14. The van der Waals surface area contributed by atoms with Gasteiger partial charge in [-0.2, -0.15) is 0 Å². The number of carbonyl (C=O) groups is 1. The summed E-state index contributed by atoms with van der Waals surface area (Å²) < 4.78 is 0. The molecule has 1 aliphatic carbocycles. The Labute approximate surface area is 104 Å². The summed E-state index contributed by atoms with van der Waals surface area (Å²) in [4.78, 5) is 21.5. The van der Waals surface area contributed by atoms with Crippen LogP contribution < -0.4 is 11.1 Å². The van der Waals surface area contributed by atoms with Crippen LogP contribution in [-0.2, 0) is 4.79 Å². The van der Waals surface area contributed by atoms with E-state index in [1.165, 1.54) is 24.3 Å². The molecule has 1 aromatic carbocycles. The van der Waals surface area contributed by atoms with Gasteiger partial charge >= 0.3 is 0 Å². The van der Waals surface area contributed by atoms with Gasteiger partial charge in [0.1, 0.15) is 0 Å². The minimum absolute atomic E-state index is 0.00164. The molecular weight excluding hydrogens is 234 g/mol. The molecule has 3 N–H and O–H groups in total. The Morgan fingerprint density at radius 2 is 2.28 bits per heavy atom. The predicted octanol–water partition coefficient (Wildman–Crippen LogP) is 0.824. The largest absolute Gasteiger partial charge is 0.348 e. The van der Waals surface area contributed by atoms with Crippen LogP contribution in [0.15, 0.2) is 30.3 Å². The van der Waals surface area contributed by atoms with Gasteiger partial charge in [0.15, 0.2) is 0 Å². The number of nitrogens with one attached hydrogen (secondary N) is 1. The van der Waals surface area contributed by atoms with Gasteiger partial charge in [-0.1, -0.05) is 12.1 Å². The standard InChI is InChI=1S/C12H13N3O3/c13-10-7-11(10)14-12(16)5-4-8-2-1-3-9(6-8)15(17)18/h1-6,10-11H,7,13H2,(H,14,16)/b5-4+. The molecule has 18 heavy (non-hydrogen) atoms. The molecule has 1 aliphatic rings. The van der Waals surface area contributed by atoms with Gasteiger partial charge in [0, 0.05) is 30.3 Å². The Hall–Kier alpha value is -2.21. The summed E-state index contributed by atoms with van der Waals surface area (Å²) in [5, 5.41) is 13.3. The number of carbonyl (C=O) groups excluding carboxylic acids is 1. The van der Waals surface area contributed by atoms with Gasteiger partial charge in [-0.05, 0) is 18.1 Å². The number of nitro benzene ring substituents is 1. The molecule has 0 saturated heterocycles. The lowest BCUT2D eigenvalue weighted by molar-refractivity contribution is -0.384. The van der Waals surface area contributed by atoms with E-state index in [9.17, 15) is 14.9 Å². The highest BCUT2D eigenvalue weighted by molar-refractivity contribution is 5.92. The number of amides is 1. The monoisotopic (exact) mass is 247 g/mol. The quantitative estimate of drug-likeness (QED) is 0.467. The van der Waals surface area contributed by atoms with Crippen molar-refractivity contribution in [2.45, 2.75) is 18.5 Å². The van der Waals surface area contributed by atoms with Gasteiger partial charge in [-0.25, -0.2) is 0 Å². The van der Waals surface area contributed by atoms with Gasteiger partial charge in [0.2, 0.25) is 5.91 Å². The highest BCUT2D eigenvalue weighted by Crippen LogP contribution is 2.18. The minimum atomic E-state index is -0.472. The topological polar surface area (TPSA) is 98.3 Å². The first kappa shape index (κ1) is 12.3. The highest BCUT2D eigenvalue weighted by atomic mass is 16.6. The van der Waals surface area contributed by atoms with Crippen molar-refractivity contribution >= 4 is 17.7 Å². The first-order chi connectivity index (χ1) is 8.56. The van der Waals surface area contributed by atoms with E-state index in [0.717, 1.165) is 6.42 Å². The number of nitrogens with two attached hydrogens (primary N) is 1. The van der Waals surface area contributed by atoms with Gasteiger partial charge < -0.3 is 11.1 Å². The number of benzene rings is 1. The summed E-state index contributed by atoms with van der Waals surface area (Å²) in [6, 6.07) is 6.20. The van der Waals surface area contributed by atoms with Crippen LogP contribution in [0, 0.1) is 10.1 Å².